The van der Waals surface area contributed by atoms with Gasteiger partial charge < -0.3 is 15.1 Å². The summed E-state index contributed by atoms with van der Waals surface area (Å²) in [5.74, 6) is -1.43. The third kappa shape index (κ3) is 3.05. The molecule has 2 aliphatic heterocycles. The lowest BCUT2D eigenvalue weighted by Gasteiger charge is -2.46. The van der Waals surface area contributed by atoms with Crippen LogP contribution in [0.3, 0.4) is 0 Å². The van der Waals surface area contributed by atoms with Gasteiger partial charge in [0, 0.05) is 11.7 Å². The van der Waals surface area contributed by atoms with Gasteiger partial charge >= 0.3 is 5.97 Å². The highest BCUT2D eigenvalue weighted by atomic mass is 32.2. The number of nitrogens with zero attached hydrogens (tertiary/aromatic N) is 2. The van der Waals surface area contributed by atoms with Crippen LogP contribution in [0.1, 0.15) is 13.8 Å². The van der Waals surface area contributed by atoms with Gasteiger partial charge in [0.1, 0.15) is 5.70 Å². The molecule has 0 bridgehead atoms. The van der Waals surface area contributed by atoms with E-state index in [0.717, 1.165) is 14.6 Å². The van der Waals surface area contributed by atoms with Crippen molar-refractivity contribution in [2.24, 2.45) is 11.8 Å². The Morgan fingerprint density at radius 2 is 2.18 bits per heavy atom. The van der Waals surface area contributed by atoms with E-state index in [-0.39, 0.29) is 23.6 Å². The number of rotatable bonds is 6. The van der Waals surface area contributed by atoms with E-state index < -0.39 is 18.0 Å². The van der Waals surface area contributed by atoms with Crippen LogP contribution in [0.15, 0.2) is 52.0 Å². The Kier molecular flexibility index (Phi) is 5.03. The number of fused-ring (bicyclic) bond motifs is 2. The first-order valence-corrected chi connectivity index (χ1v) is 10.8. The highest BCUT2D eigenvalue weighted by Crippen LogP contribution is 2.47. The molecule has 3 heterocycles. The summed E-state index contributed by atoms with van der Waals surface area (Å²) >= 11 is 3.23. The number of hydrogen-bond donors (Lipinski definition) is 2. The number of benzene rings is 1. The smallest absolute Gasteiger partial charge is 0.352 e. The summed E-state index contributed by atoms with van der Waals surface area (Å²) in [5, 5.41) is 19.5. The Morgan fingerprint density at radius 3 is 2.86 bits per heavy atom. The number of aromatic nitrogens is 1. The zero-order valence-electron chi connectivity index (χ0n) is 15.4. The van der Waals surface area contributed by atoms with Crippen molar-refractivity contribution < 1.29 is 19.8 Å². The first-order chi connectivity index (χ1) is 13.4. The number of thioether (sulfide) groups is 1. The average molecular weight is 417 g/mol. The number of carbonyl (C=O) groups is 2. The lowest BCUT2D eigenvalue weighted by atomic mass is 9.78. The number of β-lactam (4-membered cyclic amide) rings is 1. The van der Waals surface area contributed by atoms with Gasteiger partial charge in [-0.05, 0) is 24.6 Å². The molecular formula is C20H20N2O4S2. The van der Waals surface area contributed by atoms with Crippen molar-refractivity contribution in [2.45, 2.75) is 30.3 Å². The number of amides is 1. The fraction of sp³-hybridized carbons (Fsp3) is 0.350. The minimum atomic E-state index is -1.11. The Hall–Kier alpha value is -2.16. The molecule has 1 saturated heterocycles. The highest BCUT2D eigenvalue weighted by Gasteiger charge is 2.59. The molecule has 0 saturated carbocycles. The lowest BCUT2D eigenvalue weighted by molar-refractivity contribution is -0.163. The Morgan fingerprint density at radius 1 is 1.43 bits per heavy atom. The number of hydrogen-bond acceptors (Lipinski definition) is 6. The number of carboxylic acids is 1. The monoisotopic (exact) mass is 416 g/mol. The number of aliphatic hydroxyl groups is 1. The van der Waals surface area contributed by atoms with Crippen LogP contribution < -0.4 is 0 Å². The molecule has 28 heavy (non-hydrogen) atoms. The van der Waals surface area contributed by atoms with Crippen molar-refractivity contribution in [1.29, 1.82) is 0 Å². The average Bonchev–Trinajstić information content (AvgIpc) is 3.15. The fourth-order valence-corrected chi connectivity index (χ4v) is 5.92. The second kappa shape index (κ2) is 7.35. The molecular weight excluding hydrogens is 396 g/mol. The lowest BCUT2D eigenvalue weighted by Crippen LogP contribution is -2.63. The van der Waals surface area contributed by atoms with Crippen LogP contribution in [0.25, 0.3) is 10.2 Å². The number of carboxylic acid groups (broad SMARTS) is 1. The molecule has 4 rings (SSSR count). The Bertz CT molecular complexity index is 978. The summed E-state index contributed by atoms with van der Waals surface area (Å²) in [6, 6.07) is 7.69. The molecule has 1 fully saturated rings. The van der Waals surface area contributed by atoms with Gasteiger partial charge in [0.2, 0.25) is 5.91 Å². The zero-order valence-corrected chi connectivity index (χ0v) is 17.0. The number of aliphatic hydroxyl groups excluding tert-OH is 1. The van der Waals surface area contributed by atoms with Crippen LogP contribution in [0.5, 0.6) is 0 Å². The predicted molar refractivity (Wildman–Crippen MR) is 109 cm³/mol. The largest absolute Gasteiger partial charge is 0.477 e. The fourth-order valence-electron chi connectivity index (χ4n) is 4.02. The molecule has 1 aromatic carbocycles. The van der Waals surface area contributed by atoms with Gasteiger partial charge in [-0.3, -0.25) is 4.79 Å². The molecule has 2 aromatic rings. The predicted octanol–water partition coefficient (Wildman–Crippen LogP) is 3.14. The van der Waals surface area contributed by atoms with Crippen LogP contribution >= 0.6 is 23.1 Å². The van der Waals surface area contributed by atoms with E-state index >= 15 is 0 Å². The molecule has 2 aliphatic rings. The Balaban J connectivity index is 1.49. The third-order valence-electron chi connectivity index (χ3n) is 5.30. The summed E-state index contributed by atoms with van der Waals surface area (Å²) in [7, 11) is 0. The van der Waals surface area contributed by atoms with Crippen LogP contribution in [0.4, 0.5) is 0 Å². The Labute approximate surface area is 170 Å². The third-order valence-corrected chi connectivity index (χ3v) is 7.43. The highest BCUT2D eigenvalue weighted by molar-refractivity contribution is 8.01. The molecule has 4 atom stereocenters. The minimum absolute atomic E-state index is 0.0423. The summed E-state index contributed by atoms with van der Waals surface area (Å²) in [4.78, 5) is 30.0. The van der Waals surface area contributed by atoms with Gasteiger partial charge in [-0.2, -0.15) is 0 Å². The van der Waals surface area contributed by atoms with E-state index in [2.05, 4.69) is 4.98 Å². The van der Waals surface area contributed by atoms with E-state index in [4.69, 9.17) is 0 Å². The van der Waals surface area contributed by atoms with Crippen molar-refractivity contribution in [3.8, 4) is 0 Å². The van der Waals surface area contributed by atoms with Crippen molar-refractivity contribution in [3.63, 3.8) is 0 Å². The van der Waals surface area contributed by atoms with E-state index in [1.807, 2.05) is 37.3 Å². The van der Waals surface area contributed by atoms with Crippen LogP contribution in [-0.4, -0.2) is 49.9 Å². The number of para-hydroxylation sites is 1. The van der Waals surface area contributed by atoms with Crippen molar-refractivity contribution in [1.82, 2.24) is 9.88 Å². The van der Waals surface area contributed by atoms with Crippen LogP contribution in [0.2, 0.25) is 0 Å². The topological polar surface area (TPSA) is 90.7 Å². The summed E-state index contributed by atoms with van der Waals surface area (Å²) in [6.07, 6.45) is 2.93. The normalized spacial score (nSPS) is 25.5. The second-order valence-corrected chi connectivity index (χ2v) is 9.32. The molecule has 6 nitrogen and oxygen atoms in total. The van der Waals surface area contributed by atoms with Gasteiger partial charge in [0.15, 0.2) is 4.34 Å². The summed E-state index contributed by atoms with van der Waals surface area (Å²) in [5.41, 5.74) is 1.66. The van der Waals surface area contributed by atoms with Gasteiger partial charge in [-0.1, -0.05) is 43.0 Å². The van der Waals surface area contributed by atoms with E-state index in [1.54, 1.807) is 36.1 Å². The minimum Gasteiger partial charge on any atom is -0.477 e. The molecule has 8 heteroatoms. The number of aliphatic carboxylic acids is 1. The van der Waals surface area contributed by atoms with Gasteiger partial charge in [0.25, 0.3) is 0 Å². The number of carbonyl (C=O) groups excluding carboxylic acids is 1. The molecule has 0 aliphatic carbocycles. The van der Waals surface area contributed by atoms with Crippen molar-refractivity contribution >= 4 is 45.2 Å². The SMILES string of the molecule is C[C@@H](O)[C@H]1C(=O)N2C(C(=O)O)=C(/C=C/CSc3nc4ccccc4s3)[C@H](C)[C@H]12. The van der Waals surface area contributed by atoms with Gasteiger partial charge in [0.05, 0.1) is 28.3 Å². The van der Waals surface area contributed by atoms with Gasteiger partial charge in [-0.15, -0.1) is 11.3 Å². The van der Waals surface area contributed by atoms with Crippen molar-refractivity contribution in [2.75, 3.05) is 5.75 Å². The first-order valence-electron chi connectivity index (χ1n) is 9.03. The quantitative estimate of drug-likeness (QED) is 0.555. The maximum atomic E-state index is 12.3. The van der Waals surface area contributed by atoms with Crippen LogP contribution in [-0.2, 0) is 9.59 Å². The maximum absolute atomic E-state index is 12.3. The molecule has 1 amide bonds. The molecule has 2 N–H and O–H groups in total. The molecule has 146 valence electrons. The standard InChI is InChI=1S/C20H20N2O4S2/c1-10-12(17(19(25)26)22-16(10)15(11(2)23)18(22)24)6-5-9-27-20-21-13-7-3-4-8-14(13)28-20/h3-8,10-11,15-16,23H,9H2,1-2H3,(H,25,26)/b6-5+/t10-,11+,15+,16+/m0/s1. The van der Waals surface area contributed by atoms with E-state index in [1.165, 1.54) is 4.90 Å². The first kappa shape index (κ1) is 19.2. The molecule has 1 aromatic heterocycles. The van der Waals surface area contributed by atoms with Crippen LogP contribution in [0, 0.1) is 11.8 Å². The maximum Gasteiger partial charge on any atom is 0.352 e. The molecule has 0 radical (unpaired) electrons. The molecule has 0 unspecified atom stereocenters. The van der Waals surface area contributed by atoms with Crippen molar-refractivity contribution in [3.05, 3.63) is 47.7 Å². The summed E-state index contributed by atoms with van der Waals surface area (Å²) < 4.78 is 2.10. The van der Waals surface area contributed by atoms with Gasteiger partial charge in [-0.25, -0.2) is 9.78 Å². The number of allylic oxidation sites excluding steroid dienone is 1. The number of thiazole rings is 1. The molecule has 0 spiro atoms. The second-order valence-electron chi connectivity index (χ2n) is 7.02. The van der Waals surface area contributed by atoms with E-state index in [0.29, 0.717) is 11.3 Å². The zero-order chi connectivity index (χ0) is 20.0. The summed E-state index contributed by atoms with van der Waals surface area (Å²) in [6.45, 7) is 3.49. The van der Waals surface area contributed by atoms with E-state index in [9.17, 15) is 19.8 Å².